The van der Waals surface area contributed by atoms with Gasteiger partial charge in [0.1, 0.15) is 19.7 Å². The number of amides is 1. The predicted octanol–water partition coefficient (Wildman–Crippen LogP) is -0.782. The van der Waals surface area contributed by atoms with E-state index in [0.717, 1.165) is 4.90 Å². The largest absolute Gasteiger partial charge is 0.380 e. The number of ether oxygens (including phenoxy) is 4. The highest BCUT2D eigenvalue weighted by atomic mass is 16.5. The minimum atomic E-state index is -0.942. The second kappa shape index (κ2) is 11.5. The minimum absolute atomic E-state index is 0.0255. The molecule has 26 heavy (non-hydrogen) atoms. The van der Waals surface area contributed by atoms with E-state index in [-0.39, 0.29) is 37.9 Å². The summed E-state index contributed by atoms with van der Waals surface area (Å²) in [7, 11) is 5.93. The van der Waals surface area contributed by atoms with Crippen molar-refractivity contribution in [3.8, 4) is 0 Å². The van der Waals surface area contributed by atoms with E-state index in [1.54, 1.807) is 0 Å². The summed E-state index contributed by atoms with van der Waals surface area (Å²) in [6.07, 6.45) is -0.946. The zero-order valence-electron chi connectivity index (χ0n) is 15.6. The third-order valence-electron chi connectivity index (χ3n) is 3.13. The van der Waals surface area contributed by atoms with Crippen LogP contribution in [-0.4, -0.2) is 87.4 Å². The number of carbonyl (C=O) groups excluding carboxylic acids is 1. The van der Waals surface area contributed by atoms with Gasteiger partial charge in [-0.05, 0) is 6.92 Å². The number of aromatic nitrogens is 3. The van der Waals surface area contributed by atoms with Crippen LogP contribution in [0.15, 0.2) is 0 Å². The van der Waals surface area contributed by atoms with Crippen LogP contribution in [0.1, 0.15) is 6.92 Å². The Bertz CT molecular complexity index is 549. The highest BCUT2D eigenvalue weighted by molar-refractivity contribution is 5.71. The van der Waals surface area contributed by atoms with E-state index >= 15 is 0 Å². The monoisotopic (exact) mass is 374 g/mol. The highest BCUT2D eigenvalue weighted by Gasteiger charge is 2.21. The van der Waals surface area contributed by atoms with Crippen molar-refractivity contribution in [2.45, 2.75) is 19.4 Å². The Morgan fingerprint density at radius 3 is 2.23 bits per heavy atom. The number of carbonyl (C=O) groups is 1. The maximum atomic E-state index is 11.3. The molecule has 0 radical (unpaired) electrons. The lowest BCUT2D eigenvalue weighted by Gasteiger charge is -2.26. The molecule has 0 aliphatic heterocycles. The topological polar surface area (TPSA) is 131 Å². The molecule has 0 saturated carbocycles. The van der Waals surface area contributed by atoms with Crippen molar-refractivity contribution in [2.24, 2.45) is 0 Å². The molecular weight excluding hydrogens is 348 g/mol. The molecular formula is C14H26N6O6. The van der Waals surface area contributed by atoms with Gasteiger partial charge < -0.3 is 29.4 Å². The number of aliphatic hydroxyl groups is 1. The molecule has 12 nitrogen and oxygen atoms in total. The maximum Gasteiger partial charge on any atom is 0.240 e. The van der Waals surface area contributed by atoms with Crippen LogP contribution in [-0.2, 0) is 23.7 Å². The third-order valence-corrected chi connectivity index (χ3v) is 3.13. The first-order valence-corrected chi connectivity index (χ1v) is 7.69. The van der Waals surface area contributed by atoms with Crippen LogP contribution in [0.2, 0.25) is 0 Å². The SMILES string of the molecule is COCC(Nc1nc(N(C=O)COC)nc(N(COC)C(C)O)n1)OC. The third kappa shape index (κ3) is 6.31. The first-order valence-electron chi connectivity index (χ1n) is 7.69. The van der Waals surface area contributed by atoms with E-state index < -0.39 is 12.5 Å². The molecule has 2 atom stereocenters. The number of methoxy groups -OCH3 is 4. The molecule has 1 heterocycles. The van der Waals surface area contributed by atoms with Crippen LogP contribution < -0.4 is 15.1 Å². The molecule has 0 spiro atoms. The predicted molar refractivity (Wildman–Crippen MR) is 92.6 cm³/mol. The molecule has 1 aromatic heterocycles. The molecule has 0 aliphatic carbocycles. The van der Waals surface area contributed by atoms with Gasteiger partial charge in [0, 0.05) is 28.4 Å². The highest BCUT2D eigenvalue weighted by Crippen LogP contribution is 2.18. The van der Waals surface area contributed by atoms with Gasteiger partial charge >= 0.3 is 0 Å². The lowest BCUT2D eigenvalue weighted by atomic mass is 10.5. The molecule has 1 aromatic rings. The Morgan fingerprint density at radius 2 is 1.73 bits per heavy atom. The minimum Gasteiger partial charge on any atom is -0.380 e. The van der Waals surface area contributed by atoms with Crippen molar-refractivity contribution >= 4 is 24.3 Å². The maximum absolute atomic E-state index is 11.3. The van der Waals surface area contributed by atoms with Gasteiger partial charge in [0.25, 0.3) is 0 Å². The zero-order chi connectivity index (χ0) is 19.5. The van der Waals surface area contributed by atoms with Crippen molar-refractivity contribution in [1.82, 2.24) is 15.0 Å². The Labute approximate surface area is 152 Å². The summed E-state index contributed by atoms with van der Waals surface area (Å²) in [4.78, 5) is 26.5. The summed E-state index contributed by atoms with van der Waals surface area (Å²) in [6.45, 7) is 1.74. The normalized spacial score (nSPS) is 13.2. The molecule has 0 bridgehead atoms. The van der Waals surface area contributed by atoms with Gasteiger partial charge in [-0.1, -0.05) is 0 Å². The van der Waals surface area contributed by atoms with Crippen molar-refractivity contribution in [3.05, 3.63) is 0 Å². The van der Waals surface area contributed by atoms with Crippen LogP contribution in [0.3, 0.4) is 0 Å². The fourth-order valence-corrected chi connectivity index (χ4v) is 1.89. The van der Waals surface area contributed by atoms with Gasteiger partial charge in [-0.2, -0.15) is 15.0 Å². The Hall–Kier alpha value is -2.12. The number of nitrogens with zero attached hydrogens (tertiary/aromatic N) is 5. The van der Waals surface area contributed by atoms with Crippen molar-refractivity contribution in [1.29, 1.82) is 0 Å². The van der Waals surface area contributed by atoms with Gasteiger partial charge in [0.2, 0.25) is 24.3 Å². The molecule has 1 amide bonds. The van der Waals surface area contributed by atoms with E-state index in [0.29, 0.717) is 6.41 Å². The summed E-state index contributed by atoms with van der Waals surface area (Å²) in [6, 6.07) is 0. The van der Waals surface area contributed by atoms with Crippen molar-refractivity contribution in [3.63, 3.8) is 0 Å². The van der Waals surface area contributed by atoms with E-state index in [9.17, 15) is 9.90 Å². The second-order valence-corrected chi connectivity index (χ2v) is 5.10. The standard InChI is InChI=1S/C14H26N6O6/c1-10(22)20(9-25-4)14-17-12(15-11(26-5)6-23-2)16-13(18-14)19(7-21)8-24-3/h7,10-11,22H,6,8-9H2,1-5H3,(H,15,16,17,18). The lowest BCUT2D eigenvalue weighted by molar-refractivity contribution is -0.108. The molecule has 1 rings (SSSR count). The smallest absolute Gasteiger partial charge is 0.240 e. The zero-order valence-corrected chi connectivity index (χ0v) is 15.6. The number of nitrogens with one attached hydrogen (secondary N) is 1. The second-order valence-electron chi connectivity index (χ2n) is 5.10. The van der Waals surface area contributed by atoms with E-state index in [2.05, 4.69) is 20.3 Å². The van der Waals surface area contributed by atoms with E-state index in [1.165, 1.54) is 40.3 Å². The molecule has 0 aromatic carbocycles. The molecule has 148 valence electrons. The van der Waals surface area contributed by atoms with Crippen molar-refractivity contribution < 1.29 is 28.8 Å². The Balaban J connectivity index is 3.30. The summed E-state index contributed by atoms with van der Waals surface area (Å²) < 4.78 is 20.3. The number of anilines is 3. The average molecular weight is 374 g/mol. The molecule has 0 aliphatic rings. The van der Waals surface area contributed by atoms with Gasteiger partial charge in [-0.15, -0.1) is 0 Å². The van der Waals surface area contributed by atoms with Crippen LogP contribution in [0.25, 0.3) is 0 Å². The lowest BCUT2D eigenvalue weighted by Crippen LogP contribution is -2.37. The van der Waals surface area contributed by atoms with Crippen LogP contribution in [0, 0.1) is 0 Å². The average Bonchev–Trinajstić information content (AvgIpc) is 2.63. The Kier molecular flexibility index (Phi) is 9.69. The fraction of sp³-hybridized carbons (Fsp3) is 0.714. The number of hydrogen-bond donors (Lipinski definition) is 2. The molecule has 0 saturated heterocycles. The Morgan fingerprint density at radius 1 is 1.08 bits per heavy atom. The van der Waals surface area contributed by atoms with Gasteiger partial charge in [-0.25, -0.2) is 0 Å². The summed E-state index contributed by atoms with van der Waals surface area (Å²) in [5.41, 5.74) is 0. The number of rotatable bonds is 13. The van der Waals surface area contributed by atoms with Gasteiger partial charge in [-0.3, -0.25) is 14.6 Å². The molecule has 2 N–H and O–H groups in total. The summed E-state index contributed by atoms with van der Waals surface area (Å²) >= 11 is 0. The number of aliphatic hydroxyl groups excluding tert-OH is 1. The first kappa shape index (κ1) is 21.9. The molecule has 2 unspecified atom stereocenters. The van der Waals surface area contributed by atoms with Crippen molar-refractivity contribution in [2.75, 3.05) is 63.6 Å². The van der Waals surface area contributed by atoms with Crippen LogP contribution in [0.5, 0.6) is 0 Å². The molecule has 12 heteroatoms. The van der Waals surface area contributed by atoms with Crippen LogP contribution in [0.4, 0.5) is 17.8 Å². The summed E-state index contributed by atoms with van der Waals surface area (Å²) in [5.74, 6) is 0.256. The van der Waals surface area contributed by atoms with Crippen LogP contribution >= 0.6 is 0 Å². The number of hydrogen-bond acceptors (Lipinski definition) is 11. The molecule has 0 fully saturated rings. The van der Waals surface area contributed by atoms with Gasteiger partial charge in [0.15, 0.2) is 6.23 Å². The fourth-order valence-electron chi connectivity index (χ4n) is 1.89. The van der Waals surface area contributed by atoms with Gasteiger partial charge in [0.05, 0.1) is 6.61 Å². The van der Waals surface area contributed by atoms with E-state index in [4.69, 9.17) is 18.9 Å². The quantitative estimate of drug-likeness (QED) is 0.333. The summed E-state index contributed by atoms with van der Waals surface area (Å²) in [5, 5.41) is 12.9. The first-order chi connectivity index (χ1) is 12.5. The van der Waals surface area contributed by atoms with E-state index in [1.807, 2.05) is 0 Å².